The summed E-state index contributed by atoms with van der Waals surface area (Å²) in [5, 5.41) is 46.3. The predicted octanol–water partition coefficient (Wildman–Crippen LogP) is 6.30. The molecule has 0 aliphatic rings. The number of aliphatic hydroxyl groups is 4. The van der Waals surface area contributed by atoms with Crippen molar-refractivity contribution >= 4 is 17.2 Å². The summed E-state index contributed by atoms with van der Waals surface area (Å²) in [6, 6.07) is 8.70. The van der Waals surface area contributed by atoms with Crippen molar-refractivity contribution < 1.29 is 44.3 Å². The van der Waals surface area contributed by atoms with E-state index in [0.29, 0.717) is 0 Å². The van der Waals surface area contributed by atoms with Gasteiger partial charge >= 0.3 is 17.2 Å². The van der Waals surface area contributed by atoms with Gasteiger partial charge < -0.3 is 40.0 Å². The molecule has 8 N–H and O–H groups in total. The lowest BCUT2D eigenvalue weighted by atomic mass is 9.61. The Labute approximate surface area is 279 Å². The molecule has 0 spiro atoms. The molecule has 264 valence electrons. The highest BCUT2D eigenvalue weighted by molar-refractivity contribution is 7.53. The Bertz CT molecular complexity index is 1010. The van der Waals surface area contributed by atoms with E-state index in [9.17, 15) is 20.4 Å². The second-order valence-electron chi connectivity index (χ2n) is 12.4. The third-order valence-electron chi connectivity index (χ3n) is 8.64. The Morgan fingerprint density at radius 3 is 0.978 bits per heavy atom. The first-order chi connectivity index (χ1) is 21.9. The van der Waals surface area contributed by atoms with Gasteiger partial charge in [-0.15, -0.1) is 0 Å². The Hall–Kier alpha value is -1.06. The quantitative estimate of drug-likeness (QED) is 0.0745. The van der Waals surface area contributed by atoms with Crippen LogP contribution in [-0.4, -0.2) is 59.8 Å². The largest absolute Gasteiger partial charge is 0.395 e. The lowest BCUT2D eigenvalue weighted by Crippen LogP contribution is -2.55. The minimum atomic E-state index is -2.61. The molecule has 0 unspecified atom stereocenters. The molecule has 2 aromatic rings. The summed E-state index contributed by atoms with van der Waals surface area (Å²) >= 11 is 0. The van der Waals surface area contributed by atoms with Crippen LogP contribution in [0.3, 0.4) is 0 Å². The van der Waals surface area contributed by atoms with E-state index in [1.54, 1.807) is 0 Å². The van der Waals surface area contributed by atoms with Gasteiger partial charge in [0.25, 0.3) is 0 Å². The van der Waals surface area contributed by atoms with E-state index in [0.717, 1.165) is 122 Å². The topological polar surface area (TPSA) is 171 Å². The summed E-state index contributed by atoms with van der Waals surface area (Å²) in [6.07, 6.45) is 11.2. The number of hydrogen-bond donors (Lipinski definition) is 8. The van der Waals surface area contributed by atoms with E-state index in [1.807, 2.05) is 0 Å². The first-order valence-electron chi connectivity index (χ1n) is 16.7. The first kappa shape index (κ1) is 43.0. The van der Waals surface area contributed by atoms with Crippen molar-refractivity contribution in [1.82, 2.24) is 0 Å². The second-order valence-corrected chi connectivity index (χ2v) is 14.0. The molecule has 0 saturated carbocycles. The van der Waals surface area contributed by atoms with Crippen molar-refractivity contribution in [2.24, 2.45) is 5.41 Å². The predicted molar refractivity (Wildman–Crippen MR) is 187 cm³/mol. The van der Waals surface area contributed by atoms with Crippen molar-refractivity contribution in [3.8, 4) is 0 Å². The highest BCUT2D eigenvalue weighted by Crippen LogP contribution is 2.51. The summed E-state index contributed by atoms with van der Waals surface area (Å²) in [5.74, 6) is 0. The Morgan fingerprint density at radius 1 is 0.543 bits per heavy atom. The van der Waals surface area contributed by atoms with Crippen molar-refractivity contribution in [3.05, 3.63) is 68.8 Å². The molecule has 0 aliphatic heterocycles. The highest BCUT2D eigenvalue weighted by Gasteiger charge is 2.55. The molecule has 2 aromatic carbocycles. The van der Waals surface area contributed by atoms with Crippen LogP contribution in [0, 0.1) is 19.3 Å². The average Bonchev–Trinajstić information content (AvgIpc) is 3.00. The molecule has 0 radical (unpaired) electrons. The minimum Gasteiger partial charge on any atom is -0.395 e. The smallest absolute Gasteiger partial charge is 0.334 e. The molecule has 0 fully saturated rings. The van der Waals surface area contributed by atoms with E-state index in [2.05, 4.69) is 70.1 Å². The molecule has 46 heavy (non-hydrogen) atoms. The van der Waals surface area contributed by atoms with Crippen LogP contribution in [0.25, 0.3) is 0 Å². The molecule has 0 aromatic heterocycles. The van der Waals surface area contributed by atoms with E-state index in [1.165, 1.54) is 0 Å². The zero-order valence-electron chi connectivity index (χ0n) is 28.8. The Morgan fingerprint density at radius 2 is 0.804 bits per heavy atom. The van der Waals surface area contributed by atoms with Crippen LogP contribution in [0.5, 0.6) is 0 Å². The Kier molecular flexibility index (Phi) is 20.4. The van der Waals surface area contributed by atoms with Gasteiger partial charge in [-0.1, -0.05) is 88.8 Å². The standard InChI is InChI=1S/C35H56O4.H4O5P2/c1-7-11-15-28-19-26(5)20-29(16-12-8-2)32(28)35(39,34(23-36,24-37)25-38)33-30(17-13-9-3)21-27(6)22-31(33)18-14-10-4;1-6(2)5-7(3)4/h19-22,36-39H,7-18,23-25H2,1-6H3;1-4H. The fraction of sp³-hybridized carbons (Fsp3) is 0.657. The highest BCUT2D eigenvalue weighted by atomic mass is 31.2. The molecular formula is C35H60O9P2. The second kappa shape index (κ2) is 21.8. The van der Waals surface area contributed by atoms with Gasteiger partial charge in [-0.2, -0.15) is 0 Å². The Balaban J connectivity index is 0.00000135. The van der Waals surface area contributed by atoms with Gasteiger partial charge in [0.05, 0.1) is 25.2 Å². The maximum absolute atomic E-state index is 13.5. The lowest BCUT2D eigenvalue weighted by molar-refractivity contribution is -0.137. The molecule has 0 heterocycles. The summed E-state index contributed by atoms with van der Waals surface area (Å²) < 4.78 is 3.60. The summed E-state index contributed by atoms with van der Waals surface area (Å²) in [7, 11) is -5.22. The number of unbranched alkanes of at least 4 members (excludes halogenated alkanes) is 4. The molecule has 0 amide bonds. The van der Waals surface area contributed by atoms with Gasteiger partial charge in [0.2, 0.25) is 0 Å². The SMILES string of the molecule is CCCCc1cc(C)cc(CCCC)c1C(O)(c1c(CCCC)cc(C)cc1CCCC)C(CO)(CO)CO.OP(O)OP(O)O. The summed E-state index contributed by atoms with van der Waals surface area (Å²) in [6.45, 7) is 11.3. The van der Waals surface area contributed by atoms with Crippen molar-refractivity contribution in [2.75, 3.05) is 19.8 Å². The van der Waals surface area contributed by atoms with Crippen molar-refractivity contribution in [3.63, 3.8) is 0 Å². The van der Waals surface area contributed by atoms with Crippen molar-refractivity contribution in [1.29, 1.82) is 0 Å². The average molecular weight is 687 g/mol. The monoisotopic (exact) mass is 686 g/mol. The summed E-state index contributed by atoms with van der Waals surface area (Å²) in [4.78, 5) is 31.3. The van der Waals surface area contributed by atoms with Crippen LogP contribution in [0.15, 0.2) is 24.3 Å². The lowest BCUT2D eigenvalue weighted by Gasteiger charge is -2.48. The van der Waals surface area contributed by atoms with Crippen LogP contribution >= 0.6 is 17.2 Å². The normalized spacial score (nSPS) is 12.2. The maximum atomic E-state index is 13.5. The number of benzene rings is 2. The third-order valence-corrected chi connectivity index (χ3v) is 9.80. The van der Waals surface area contributed by atoms with Gasteiger partial charge in [-0.3, -0.25) is 0 Å². The van der Waals surface area contributed by atoms with Crippen LogP contribution in [0.1, 0.15) is 124 Å². The molecule has 9 nitrogen and oxygen atoms in total. The van der Waals surface area contributed by atoms with E-state index in [4.69, 9.17) is 19.6 Å². The molecule has 0 aliphatic carbocycles. The van der Waals surface area contributed by atoms with E-state index in [-0.39, 0.29) is 0 Å². The van der Waals surface area contributed by atoms with Gasteiger partial charge in [-0.25, -0.2) is 4.31 Å². The fourth-order valence-corrected chi connectivity index (χ4v) is 6.81. The molecule has 0 saturated heterocycles. The third kappa shape index (κ3) is 11.5. The molecule has 0 atom stereocenters. The van der Waals surface area contributed by atoms with E-state index < -0.39 is 48.0 Å². The molecular weight excluding hydrogens is 626 g/mol. The number of rotatable bonds is 20. The molecule has 2 rings (SSSR count). The maximum Gasteiger partial charge on any atom is 0.334 e. The number of aryl methyl sites for hydroxylation is 6. The van der Waals surface area contributed by atoms with E-state index >= 15 is 0 Å². The van der Waals surface area contributed by atoms with Crippen LogP contribution in [0.4, 0.5) is 0 Å². The van der Waals surface area contributed by atoms with Gasteiger partial charge in [-0.05, 0) is 98.6 Å². The van der Waals surface area contributed by atoms with Crippen LogP contribution in [0.2, 0.25) is 0 Å². The van der Waals surface area contributed by atoms with Gasteiger partial charge in [0, 0.05) is 0 Å². The minimum absolute atomic E-state index is 0.529. The van der Waals surface area contributed by atoms with Gasteiger partial charge in [0.1, 0.15) is 5.60 Å². The molecule has 0 bridgehead atoms. The first-order valence-corrected chi connectivity index (χ1v) is 19.0. The fourth-order valence-electron chi connectivity index (χ4n) is 6.28. The molecule has 11 heteroatoms. The van der Waals surface area contributed by atoms with Crippen molar-refractivity contribution in [2.45, 2.75) is 124 Å². The number of hydrogen-bond acceptors (Lipinski definition) is 9. The van der Waals surface area contributed by atoms with Crippen LogP contribution in [-0.2, 0) is 35.6 Å². The van der Waals surface area contributed by atoms with Crippen LogP contribution < -0.4 is 0 Å². The zero-order valence-corrected chi connectivity index (χ0v) is 30.6. The van der Waals surface area contributed by atoms with Gasteiger partial charge in [0.15, 0.2) is 0 Å². The summed E-state index contributed by atoms with van der Waals surface area (Å²) in [5.41, 5.74) is 4.85. The zero-order chi connectivity index (χ0) is 34.9. The number of aliphatic hydroxyl groups excluding tert-OH is 3.